The first kappa shape index (κ1) is 25.5. The Balaban J connectivity index is 1.98. The Labute approximate surface area is 190 Å². The number of halogens is 3. The van der Waals surface area contributed by atoms with Gasteiger partial charge in [-0.15, -0.1) is 0 Å². The molecule has 0 saturated heterocycles. The summed E-state index contributed by atoms with van der Waals surface area (Å²) in [7, 11) is 1.53. The molecule has 0 bridgehead atoms. The summed E-state index contributed by atoms with van der Waals surface area (Å²) in [6, 6.07) is 9.58. The lowest BCUT2D eigenvalue weighted by molar-refractivity contribution is -0.120. The Kier molecular flexibility index (Phi) is 9.83. The van der Waals surface area contributed by atoms with Gasteiger partial charge in [-0.2, -0.15) is 8.78 Å². The van der Waals surface area contributed by atoms with Crippen LogP contribution in [-0.2, 0) is 14.3 Å². The number of aryl methyl sites for hydroxylation is 1. The molecule has 0 unspecified atom stereocenters. The lowest BCUT2D eigenvalue weighted by Gasteiger charge is -2.21. The van der Waals surface area contributed by atoms with Crippen LogP contribution >= 0.6 is 11.6 Å². The molecule has 0 atom stereocenters. The van der Waals surface area contributed by atoms with Gasteiger partial charge in [0.15, 0.2) is 0 Å². The van der Waals surface area contributed by atoms with Gasteiger partial charge >= 0.3 is 6.61 Å². The van der Waals surface area contributed by atoms with Gasteiger partial charge in [0.1, 0.15) is 5.75 Å². The number of benzene rings is 2. The maximum atomic E-state index is 12.5. The van der Waals surface area contributed by atoms with E-state index in [0.717, 1.165) is 11.1 Å². The summed E-state index contributed by atoms with van der Waals surface area (Å²) in [6.45, 7) is 1.45. The van der Waals surface area contributed by atoms with Crippen molar-refractivity contribution in [3.63, 3.8) is 0 Å². The normalized spacial score (nSPS) is 11.0. The van der Waals surface area contributed by atoms with E-state index in [4.69, 9.17) is 16.3 Å². The smallest absolute Gasteiger partial charge is 0.387 e. The highest BCUT2D eigenvalue weighted by molar-refractivity contribution is 6.32. The lowest BCUT2D eigenvalue weighted by atomic mass is 10.1. The van der Waals surface area contributed by atoms with Crippen LogP contribution in [0.2, 0.25) is 5.02 Å². The van der Waals surface area contributed by atoms with Gasteiger partial charge in [-0.25, -0.2) is 0 Å². The number of hydrogen-bond acceptors (Lipinski definition) is 5. The summed E-state index contributed by atoms with van der Waals surface area (Å²) in [4.78, 5) is 26.7. The number of ether oxygens (including phenoxy) is 2. The maximum Gasteiger partial charge on any atom is 0.387 e. The molecule has 2 rings (SSSR count). The van der Waals surface area contributed by atoms with E-state index in [1.165, 1.54) is 25.3 Å². The average Bonchev–Trinajstić information content (AvgIpc) is 2.71. The Hall–Kier alpha value is -2.75. The molecule has 32 heavy (non-hydrogen) atoms. The Morgan fingerprint density at radius 2 is 1.78 bits per heavy atom. The zero-order chi connectivity index (χ0) is 23.7. The second kappa shape index (κ2) is 12.3. The number of carbonyl (C=O) groups excluding carboxylic acids is 2. The number of nitrogens with one attached hydrogen (secondary N) is 2. The minimum atomic E-state index is -3.00. The number of amides is 2. The molecular formula is C22H26ClF2N3O4. The molecule has 0 radical (unpaired) electrons. The monoisotopic (exact) mass is 469 g/mol. The van der Waals surface area contributed by atoms with E-state index in [2.05, 4.69) is 15.4 Å². The highest BCUT2D eigenvalue weighted by Crippen LogP contribution is 2.29. The molecular weight excluding hydrogens is 444 g/mol. The number of methoxy groups -OCH3 is 1. The van der Waals surface area contributed by atoms with E-state index >= 15 is 0 Å². The minimum Gasteiger partial charge on any atom is -0.433 e. The molecule has 2 amide bonds. The summed E-state index contributed by atoms with van der Waals surface area (Å²) in [6.07, 6.45) is 0. The van der Waals surface area contributed by atoms with Gasteiger partial charge in [-0.05, 0) is 49.2 Å². The Morgan fingerprint density at radius 3 is 2.41 bits per heavy atom. The van der Waals surface area contributed by atoms with Gasteiger partial charge in [0.2, 0.25) is 11.8 Å². The topological polar surface area (TPSA) is 79.9 Å². The highest BCUT2D eigenvalue weighted by atomic mass is 35.5. The molecule has 7 nitrogen and oxygen atoms in total. The lowest BCUT2D eigenvalue weighted by Crippen LogP contribution is -2.40. The van der Waals surface area contributed by atoms with Crippen molar-refractivity contribution in [2.45, 2.75) is 20.5 Å². The number of carbonyl (C=O) groups is 2. The van der Waals surface area contributed by atoms with Crippen LogP contribution in [0.4, 0.5) is 20.2 Å². The van der Waals surface area contributed by atoms with Crippen LogP contribution in [0.1, 0.15) is 11.1 Å². The van der Waals surface area contributed by atoms with Crippen LogP contribution in [0.3, 0.4) is 0 Å². The van der Waals surface area contributed by atoms with Crippen molar-refractivity contribution in [1.29, 1.82) is 0 Å². The fraction of sp³-hybridized carbons (Fsp3) is 0.364. The van der Waals surface area contributed by atoms with Gasteiger partial charge in [0.05, 0.1) is 24.7 Å². The maximum absolute atomic E-state index is 12.5. The van der Waals surface area contributed by atoms with Crippen LogP contribution in [0.25, 0.3) is 0 Å². The zero-order valence-electron chi connectivity index (χ0n) is 18.1. The molecule has 2 aromatic carbocycles. The summed E-state index contributed by atoms with van der Waals surface area (Å²) in [5.74, 6) is -0.858. The number of hydrogen-bond donors (Lipinski definition) is 2. The first-order chi connectivity index (χ1) is 15.2. The van der Waals surface area contributed by atoms with E-state index in [0.29, 0.717) is 24.5 Å². The molecule has 0 heterocycles. The summed E-state index contributed by atoms with van der Waals surface area (Å²) in [5, 5.41) is 5.43. The molecule has 0 fully saturated rings. The predicted octanol–water partition coefficient (Wildman–Crippen LogP) is 4.08. The van der Waals surface area contributed by atoms with E-state index in [-0.39, 0.29) is 29.8 Å². The van der Waals surface area contributed by atoms with Crippen molar-refractivity contribution in [2.24, 2.45) is 0 Å². The number of alkyl halides is 2. The summed E-state index contributed by atoms with van der Waals surface area (Å²) < 4.78 is 34.0. The van der Waals surface area contributed by atoms with Crippen molar-refractivity contribution in [3.05, 3.63) is 52.5 Å². The quantitative estimate of drug-likeness (QED) is 0.518. The third kappa shape index (κ3) is 8.07. The molecule has 0 aliphatic carbocycles. The summed E-state index contributed by atoms with van der Waals surface area (Å²) in [5.41, 5.74) is 3.06. The number of rotatable bonds is 11. The second-order valence-electron chi connectivity index (χ2n) is 7.07. The molecule has 0 aromatic heterocycles. The van der Waals surface area contributed by atoms with Crippen LogP contribution in [0.15, 0.2) is 36.4 Å². The van der Waals surface area contributed by atoms with Crippen LogP contribution in [0, 0.1) is 13.8 Å². The van der Waals surface area contributed by atoms with E-state index in [1.54, 1.807) is 4.90 Å². The minimum absolute atomic E-state index is 0.0217. The first-order valence-electron chi connectivity index (χ1n) is 9.81. The predicted molar refractivity (Wildman–Crippen MR) is 120 cm³/mol. The summed E-state index contributed by atoms with van der Waals surface area (Å²) >= 11 is 5.91. The SMILES string of the molecule is COCCN(CC(=O)Nc1ccc(OC(F)F)c(Cl)c1)CC(=O)Nc1cccc(C)c1C. The average molecular weight is 470 g/mol. The van der Waals surface area contributed by atoms with E-state index in [1.807, 2.05) is 32.0 Å². The molecule has 10 heteroatoms. The van der Waals surface area contributed by atoms with Crippen molar-refractivity contribution in [1.82, 2.24) is 4.90 Å². The molecule has 2 aromatic rings. The molecule has 0 spiro atoms. The van der Waals surface area contributed by atoms with Crippen molar-refractivity contribution >= 4 is 34.8 Å². The van der Waals surface area contributed by atoms with Crippen molar-refractivity contribution < 1.29 is 27.8 Å². The molecule has 174 valence electrons. The van der Waals surface area contributed by atoms with Crippen molar-refractivity contribution in [3.8, 4) is 5.75 Å². The first-order valence-corrected chi connectivity index (χ1v) is 10.2. The standard InChI is InChI=1S/C22H26ClF2N3O4/c1-14-5-4-6-18(15(14)2)27-21(30)13-28(9-10-31-3)12-20(29)26-16-7-8-19(17(23)11-16)32-22(24)25/h4-8,11,22H,9-10,12-13H2,1-3H3,(H,26,29)(H,27,30). The van der Waals surface area contributed by atoms with Crippen LogP contribution in [-0.4, -0.2) is 56.7 Å². The third-order valence-corrected chi connectivity index (χ3v) is 4.95. The van der Waals surface area contributed by atoms with Gasteiger partial charge in [0.25, 0.3) is 0 Å². The number of anilines is 2. The molecule has 2 N–H and O–H groups in total. The molecule has 0 saturated carbocycles. The van der Waals surface area contributed by atoms with Gasteiger partial charge in [-0.1, -0.05) is 23.7 Å². The van der Waals surface area contributed by atoms with Gasteiger partial charge in [-0.3, -0.25) is 14.5 Å². The largest absolute Gasteiger partial charge is 0.433 e. The van der Waals surface area contributed by atoms with Crippen molar-refractivity contribution in [2.75, 3.05) is 44.0 Å². The number of nitrogens with zero attached hydrogens (tertiary/aromatic N) is 1. The second-order valence-corrected chi connectivity index (χ2v) is 7.48. The van der Waals surface area contributed by atoms with E-state index in [9.17, 15) is 18.4 Å². The zero-order valence-corrected chi connectivity index (χ0v) is 18.8. The van der Waals surface area contributed by atoms with Gasteiger partial charge in [0, 0.05) is 25.0 Å². The fourth-order valence-electron chi connectivity index (χ4n) is 2.89. The molecule has 0 aliphatic heterocycles. The highest BCUT2D eigenvalue weighted by Gasteiger charge is 2.16. The molecule has 0 aliphatic rings. The third-order valence-electron chi connectivity index (χ3n) is 4.66. The Morgan fingerprint density at radius 1 is 1.09 bits per heavy atom. The Bertz CT molecular complexity index is 943. The van der Waals surface area contributed by atoms with Crippen LogP contribution in [0.5, 0.6) is 5.75 Å². The fourth-order valence-corrected chi connectivity index (χ4v) is 3.11. The van der Waals surface area contributed by atoms with Crippen LogP contribution < -0.4 is 15.4 Å². The van der Waals surface area contributed by atoms with Gasteiger partial charge < -0.3 is 20.1 Å². The van der Waals surface area contributed by atoms with E-state index < -0.39 is 12.5 Å².